The highest BCUT2D eigenvalue weighted by Crippen LogP contribution is 2.42. The van der Waals surface area contributed by atoms with Gasteiger partial charge in [0.05, 0.1) is 0 Å². The van der Waals surface area contributed by atoms with Crippen LogP contribution in [-0.2, 0) is 0 Å². The maximum absolute atomic E-state index is 6.26. The van der Waals surface area contributed by atoms with Gasteiger partial charge >= 0.3 is 0 Å². The highest BCUT2D eigenvalue weighted by molar-refractivity contribution is 5.47. The molecule has 0 aliphatic rings. The molecule has 0 radical (unpaired) electrons. The lowest BCUT2D eigenvalue weighted by molar-refractivity contribution is 0.196. The minimum absolute atomic E-state index is 0.147. The number of nitrogens with one attached hydrogen (secondary N) is 1. The van der Waals surface area contributed by atoms with Crippen LogP contribution in [0, 0.1) is 16.2 Å². The summed E-state index contributed by atoms with van der Waals surface area (Å²) in [6, 6.07) is 0. The average molecular weight is 463 g/mol. The van der Waals surface area contributed by atoms with Gasteiger partial charge in [-0.05, 0) is 77.0 Å². The van der Waals surface area contributed by atoms with E-state index in [-0.39, 0.29) is 38.8 Å². The molecule has 6 nitrogen and oxygen atoms in total. The lowest BCUT2D eigenvalue weighted by atomic mass is 9.75. The zero-order valence-corrected chi connectivity index (χ0v) is 24.5. The van der Waals surface area contributed by atoms with Gasteiger partial charge in [-0.3, -0.25) is 0 Å². The summed E-state index contributed by atoms with van der Waals surface area (Å²) >= 11 is 0. The van der Waals surface area contributed by atoms with E-state index in [9.17, 15) is 0 Å². The predicted molar refractivity (Wildman–Crippen MR) is 145 cm³/mol. The summed E-state index contributed by atoms with van der Waals surface area (Å²) in [4.78, 5) is 16.5. The van der Waals surface area contributed by atoms with Crippen LogP contribution in [0.15, 0.2) is 0 Å². The van der Waals surface area contributed by atoms with Crippen LogP contribution in [0.5, 0.6) is 0 Å². The predicted octanol–water partition coefficient (Wildman–Crippen LogP) is 7.32. The van der Waals surface area contributed by atoms with Crippen LogP contribution in [0.2, 0.25) is 0 Å². The Balaban J connectivity index is 3.59. The van der Waals surface area contributed by atoms with Gasteiger partial charge in [-0.15, -0.1) is 0 Å². The number of hydrogen-bond acceptors (Lipinski definition) is 6. The van der Waals surface area contributed by atoms with Crippen molar-refractivity contribution in [3.05, 3.63) is 0 Å². The second kappa shape index (κ2) is 9.22. The van der Waals surface area contributed by atoms with Gasteiger partial charge in [-0.2, -0.15) is 15.0 Å². The molecule has 1 heterocycles. The van der Waals surface area contributed by atoms with Crippen LogP contribution in [0.3, 0.4) is 0 Å². The van der Waals surface area contributed by atoms with E-state index in [1.54, 1.807) is 0 Å². The Morgan fingerprint density at radius 2 is 1.00 bits per heavy atom. The number of aromatic nitrogens is 3. The quantitative estimate of drug-likeness (QED) is 0.421. The molecule has 0 aliphatic heterocycles. The number of anilines is 3. The zero-order chi connectivity index (χ0) is 26.3. The molecule has 0 saturated carbocycles. The molecule has 33 heavy (non-hydrogen) atoms. The number of nitrogen functional groups attached to an aromatic ring is 1. The summed E-state index contributed by atoms with van der Waals surface area (Å²) in [7, 11) is 0. The van der Waals surface area contributed by atoms with Crippen LogP contribution in [0.4, 0.5) is 17.8 Å². The zero-order valence-electron chi connectivity index (χ0n) is 24.5. The third-order valence-corrected chi connectivity index (χ3v) is 5.40. The Bertz CT molecular complexity index is 760. The van der Waals surface area contributed by atoms with Crippen molar-refractivity contribution in [2.45, 2.75) is 140 Å². The summed E-state index contributed by atoms with van der Waals surface area (Å²) in [6.07, 6.45) is 2.94. The number of hydrogen-bond donors (Lipinski definition) is 2. The molecule has 0 aliphatic carbocycles. The minimum atomic E-state index is -0.195. The van der Waals surface area contributed by atoms with Crippen molar-refractivity contribution >= 4 is 17.8 Å². The van der Waals surface area contributed by atoms with Crippen molar-refractivity contribution in [2.24, 2.45) is 16.2 Å². The minimum Gasteiger partial charge on any atom is -0.368 e. The average Bonchev–Trinajstić information content (AvgIpc) is 2.35. The van der Waals surface area contributed by atoms with E-state index in [1.807, 2.05) is 0 Å². The van der Waals surface area contributed by atoms with Crippen molar-refractivity contribution in [3.8, 4) is 0 Å². The molecule has 0 aromatic carbocycles. The first-order chi connectivity index (χ1) is 14.3. The third-order valence-electron chi connectivity index (χ3n) is 5.40. The van der Waals surface area contributed by atoms with E-state index < -0.39 is 0 Å². The second-order valence-corrected chi connectivity index (χ2v) is 15.5. The van der Waals surface area contributed by atoms with Gasteiger partial charge in [0.25, 0.3) is 0 Å². The Labute approximate surface area is 204 Å². The first kappa shape index (κ1) is 29.4. The van der Waals surface area contributed by atoms with Crippen molar-refractivity contribution in [2.75, 3.05) is 16.0 Å². The Morgan fingerprint density at radius 3 is 1.36 bits per heavy atom. The molecule has 1 rings (SSSR count). The summed E-state index contributed by atoms with van der Waals surface area (Å²) in [5, 5.41) is 3.54. The number of nitrogens with zero attached hydrogens (tertiary/aromatic N) is 4. The smallest absolute Gasteiger partial charge is 0.232 e. The molecule has 0 saturated heterocycles. The van der Waals surface area contributed by atoms with Gasteiger partial charge in [0.15, 0.2) is 0 Å². The molecule has 1 aromatic rings. The fraction of sp³-hybridized carbons (Fsp3) is 0.889. The van der Waals surface area contributed by atoms with Gasteiger partial charge < -0.3 is 16.0 Å². The summed E-state index contributed by atoms with van der Waals surface area (Å²) in [5.74, 6) is 1.42. The van der Waals surface area contributed by atoms with Crippen molar-refractivity contribution < 1.29 is 0 Å². The highest BCUT2D eigenvalue weighted by atomic mass is 15.4. The van der Waals surface area contributed by atoms with E-state index >= 15 is 0 Å². The molecule has 0 fully saturated rings. The summed E-state index contributed by atoms with van der Waals surface area (Å²) < 4.78 is 0. The second-order valence-electron chi connectivity index (χ2n) is 15.5. The molecule has 1 aromatic heterocycles. The lowest BCUT2D eigenvalue weighted by Gasteiger charge is -2.52. The molecule has 192 valence electrons. The summed E-state index contributed by atoms with van der Waals surface area (Å²) in [5.41, 5.74) is 6.15. The molecule has 3 N–H and O–H groups in total. The highest BCUT2D eigenvalue weighted by Gasteiger charge is 2.43. The van der Waals surface area contributed by atoms with Crippen LogP contribution in [0.25, 0.3) is 0 Å². The topological polar surface area (TPSA) is 80.0 Å². The Hall–Kier alpha value is -1.59. The maximum Gasteiger partial charge on any atom is 0.232 e. The fourth-order valence-electron chi connectivity index (χ4n) is 6.32. The van der Waals surface area contributed by atoms with Gasteiger partial charge in [0.1, 0.15) is 0 Å². The van der Waals surface area contributed by atoms with Crippen molar-refractivity contribution in [1.82, 2.24) is 15.0 Å². The van der Waals surface area contributed by atoms with Crippen molar-refractivity contribution in [1.29, 1.82) is 0 Å². The number of nitrogens with two attached hydrogens (primary N) is 1. The Kier molecular flexibility index (Phi) is 8.23. The van der Waals surface area contributed by atoms with E-state index in [2.05, 4.69) is 124 Å². The van der Waals surface area contributed by atoms with Crippen LogP contribution < -0.4 is 16.0 Å². The Morgan fingerprint density at radius 1 is 0.606 bits per heavy atom. The van der Waals surface area contributed by atoms with Gasteiger partial charge in [0.2, 0.25) is 17.8 Å². The largest absolute Gasteiger partial charge is 0.368 e. The van der Waals surface area contributed by atoms with E-state index in [0.29, 0.717) is 11.9 Å². The standard InChI is InChI=1S/C27H54N6/c1-22(2,3)16-25(10,11)32-20-29-19(28)30-21(31-20)33(26(12,13)17-23(4,5)6)27(14,15)18-24(7,8)9/h16-18H2,1-15H3,(H3,28,29,30,31,32). The third kappa shape index (κ3) is 10.1. The maximum atomic E-state index is 6.26. The fourth-order valence-corrected chi connectivity index (χ4v) is 6.32. The van der Waals surface area contributed by atoms with Gasteiger partial charge in [0, 0.05) is 16.6 Å². The molecule has 0 unspecified atom stereocenters. The molecular formula is C27H54N6. The van der Waals surface area contributed by atoms with Gasteiger partial charge in [-0.1, -0.05) is 62.3 Å². The van der Waals surface area contributed by atoms with Gasteiger partial charge in [-0.25, -0.2) is 0 Å². The van der Waals surface area contributed by atoms with Crippen LogP contribution >= 0.6 is 0 Å². The molecule has 0 atom stereocenters. The molecule has 0 spiro atoms. The number of rotatable bonds is 8. The first-order valence-corrected chi connectivity index (χ1v) is 12.4. The SMILES string of the molecule is CC(C)(C)CC(C)(C)Nc1nc(N)nc(N(C(C)(C)CC(C)(C)C)C(C)(C)CC(C)(C)C)n1. The molecule has 0 amide bonds. The monoisotopic (exact) mass is 462 g/mol. The normalized spacial score (nSPS) is 14.4. The van der Waals surface area contributed by atoms with Crippen LogP contribution in [-0.4, -0.2) is 31.6 Å². The molecule has 6 heteroatoms. The first-order valence-electron chi connectivity index (χ1n) is 12.4. The van der Waals surface area contributed by atoms with Crippen molar-refractivity contribution in [3.63, 3.8) is 0 Å². The van der Waals surface area contributed by atoms with E-state index in [0.717, 1.165) is 19.3 Å². The van der Waals surface area contributed by atoms with Crippen LogP contribution in [0.1, 0.15) is 123 Å². The summed E-state index contributed by atoms with van der Waals surface area (Å²) in [6.45, 7) is 34.0. The lowest BCUT2D eigenvalue weighted by Crippen LogP contribution is -2.59. The van der Waals surface area contributed by atoms with E-state index in [4.69, 9.17) is 10.7 Å². The molecule has 0 bridgehead atoms. The molecular weight excluding hydrogens is 408 g/mol. The van der Waals surface area contributed by atoms with E-state index in [1.165, 1.54) is 0 Å².